The summed E-state index contributed by atoms with van der Waals surface area (Å²) in [4.78, 5) is 0. The van der Waals surface area contributed by atoms with Crippen LogP contribution in [0.4, 0.5) is 4.39 Å². The third-order valence-corrected chi connectivity index (χ3v) is 3.61. The lowest BCUT2D eigenvalue weighted by atomic mass is 9.85. The van der Waals surface area contributed by atoms with E-state index in [1.165, 1.54) is 6.07 Å². The van der Waals surface area contributed by atoms with Gasteiger partial charge in [-0.05, 0) is 18.6 Å². The van der Waals surface area contributed by atoms with Gasteiger partial charge in [-0.2, -0.15) is 0 Å². The molecule has 2 aromatic carbocycles. The number of hydrogen-bond acceptors (Lipinski definition) is 2. The fraction of sp³-hybridized carbons (Fsp3) is 0.250. The molecule has 2 atom stereocenters. The fourth-order valence-electron chi connectivity index (χ4n) is 2.63. The van der Waals surface area contributed by atoms with Crippen molar-refractivity contribution in [2.24, 2.45) is 0 Å². The summed E-state index contributed by atoms with van der Waals surface area (Å²) in [6.07, 6.45) is -0.154. The minimum atomic E-state index is -0.841. The second-order valence-corrected chi connectivity index (χ2v) is 4.75. The second kappa shape index (κ2) is 5.02. The number of aliphatic hydroxyl groups is 1. The quantitative estimate of drug-likeness (QED) is 0.894. The highest BCUT2D eigenvalue weighted by Gasteiger charge is 2.29. The minimum Gasteiger partial charge on any atom is -0.493 e. The second-order valence-electron chi connectivity index (χ2n) is 4.75. The molecule has 0 aliphatic carbocycles. The summed E-state index contributed by atoms with van der Waals surface area (Å²) in [5, 5.41) is 10.5. The SMILES string of the molecule is OC(c1ccccc1F)C1CCOc2ccccc21. The summed E-state index contributed by atoms with van der Waals surface area (Å²) in [6.45, 7) is 0.549. The van der Waals surface area contributed by atoms with Crippen LogP contribution in [0.15, 0.2) is 48.5 Å². The highest BCUT2D eigenvalue weighted by atomic mass is 19.1. The van der Waals surface area contributed by atoms with Gasteiger partial charge in [0, 0.05) is 17.0 Å². The lowest BCUT2D eigenvalue weighted by Crippen LogP contribution is -2.20. The number of benzene rings is 2. The first kappa shape index (κ1) is 12.2. The van der Waals surface area contributed by atoms with Gasteiger partial charge in [-0.15, -0.1) is 0 Å². The van der Waals surface area contributed by atoms with E-state index in [2.05, 4.69) is 0 Å². The molecule has 19 heavy (non-hydrogen) atoms. The van der Waals surface area contributed by atoms with Gasteiger partial charge in [0.05, 0.1) is 12.7 Å². The van der Waals surface area contributed by atoms with Crippen molar-refractivity contribution in [3.63, 3.8) is 0 Å². The first-order chi connectivity index (χ1) is 9.27. The molecule has 3 heteroatoms. The third-order valence-electron chi connectivity index (χ3n) is 3.61. The largest absolute Gasteiger partial charge is 0.493 e. The van der Waals surface area contributed by atoms with Crippen molar-refractivity contribution < 1.29 is 14.2 Å². The molecule has 0 fully saturated rings. The monoisotopic (exact) mass is 258 g/mol. The lowest BCUT2D eigenvalue weighted by molar-refractivity contribution is 0.114. The van der Waals surface area contributed by atoms with E-state index < -0.39 is 6.10 Å². The van der Waals surface area contributed by atoms with Gasteiger partial charge in [0.1, 0.15) is 11.6 Å². The Hall–Kier alpha value is -1.87. The lowest BCUT2D eigenvalue weighted by Gasteiger charge is -2.29. The van der Waals surface area contributed by atoms with Crippen LogP contribution in [0.2, 0.25) is 0 Å². The van der Waals surface area contributed by atoms with E-state index in [-0.39, 0.29) is 11.7 Å². The summed E-state index contributed by atoms with van der Waals surface area (Å²) in [6, 6.07) is 14.0. The predicted molar refractivity (Wildman–Crippen MR) is 70.7 cm³/mol. The maximum atomic E-state index is 13.8. The van der Waals surface area contributed by atoms with Crippen molar-refractivity contribution in [2.45, 2.75) is 18.4 Å². The normalized spacial score (nSPS) is 19.4. The Morgan fingerprint density at radius 3 is 2.68 bits per heavy atom. The molecule has 0 spiro atoms. The highest BCUT2D eigenvalue weighted by molar-refractivity contribution is 5.40. The van der Waals surface area contributed by atoms with E-state index in [9.17, 15) is 9.50 Å². The Labute approximate surface area is 111 Å². The molecule has 0 saturated carbocycles. The van der Waals surface area contributed by atoms with Gasteiger partial charge in [-0.3, -0.25) is 0 Å². The molecule has 1 aliphatic rings. The zero-order chi connectivity index (χ0) is 13.2. The first-order valence-electron chi connectivity index (χ1n) is 6.41. The van der Waals surface area contributed by atoms with Crippen molar-refractivity contribution in [3.8, 4) is 5.75 Å². The Morgan fingerprint density at radius 1 is 1.11 bits per heavy atom. The van der Waals surface area contributed by atoms with Gasteiger partial charge in [0.2, 0.25) is 0 Å². The minimum absolute atomic E-state index is 0.123. The van der Waals surface area contributed by atoms with Crippen molar-refractivity contribution in [2.75, 3.05) is 6.61 Å². The zero-order valence-electron chi connectivity index (χ0n) is 10.4. The molecule has 2 nitrogen and oxygen atoms in total. The van der Waals surface area contributed by atoms with Crippen LogP contribution >= 0.6 is 0 Å². The zero-order valence-corrected chi connectivity index (χ0v) is 10.4. The van der Waals surface area contributed by atoms with Crippen LogP contribution in [-0.4, -0.2) is 11.7 Å². The molecule has 0 radical (unpaired) electrons. The summed E-state index contributed by atoms with van der Waals surface area (Å²) in [5.41, 5.74) is 1.30. The molecule has 1 N–H and O–H groups in total. The highest BCUT2D eigenvalue weighted by Crippen LogP contribution is 2.41. The van der Waals surface area contributed by atoms with Crippen LogP contribution < -0.4 is 4.74 Å². The van der Waals surface area contributed by atoms with Crippen molar-refractivity contribution in [1.82, 2.24) is 0 Å². The number of ether oxygens (including phenoxy) is 1. The van der Waals surface area contributed by atoms with E-state index in [0.29, 0.717) is 18.6 Å². The Bertz CT molecular complexity index is 582. The molecule has 98 valence electrons. The molecule has 0 amide bonds. The topological polar surface area (TPSA) is 29.5 Å². The summed E-state index contributed by atoms with van der Waals surface area (Å²) >= 11 is 0. The maximum absolute atomic E-state index is 13.8. The van der Waals surface area contributed by atoms with Crippen LogP contribution in [0.5, 0.6) is 5.75 Å². The molecular weight excluding hydrogens is 243 g/mol. The number of aliphatic hydroxyl groups excluding tert-OH is 1. The Balaban J connectivity index is 1.98. The molecular formula is C16H15FO2. The van der Waals surface area contributed by atoms with Gasteiger partial charge < -0.3 is 9.84 Å². The number of hydrogen-bond donors (Lipinski definition) is 1. The van der Waals surface area contributed by atoms with Crippen molar-refractivity contribution in [1.29, 1.82) is 0 Å². The first-order valence-corrected chi connectivity index (χ1v) is 6.41. The van der Waals surface area contributed by atoms with E-state index in [0.717, 1.165) is 11.3 Å². The molecule has 3 rings (SSSR count). The standard InChI is InChI=1S/C16H15FO2/c17-14-7-3-1-6-13(14)16(18)12-9-10-19-15-8-4-2-5-11(12)15/h1-8,12,16,18H,9-10H2. The number of fused-ring (bicyclic) bond motifs is 1. The van der Waals surface area contributed by atoms with Gasteiger partial charge in [-0.1, -0.05) is 36.4 Å². The third kappa shape index (κ3) is 2.22. The van der Waals surface area contributed by atoms with E-state index in [1.807, 2.05) is 24.3 Å². The van der Waals surface area contributed by atoms with Gasteiger partial charge in [0.25, 0.3) is 0 Å². The number of para-hydroxylation sites is 1. The number of halogens is 1. The average Bonchev–Trinajstić information content (AvgIpc) is 2.46. The van der Waals surface area contributed by atoms with Crippen LogP contribution in [0, 0.1) is 5.82 Å². The van der Waals surface area contributed by atoms with Gasteiger partial charge in [0.15, 0.2) is 0 Å². The Morgan fingerprint density at radius 2 is 1.84 bits per heavy atom. The molecule has 0 saturated heterocycles. The smallest absolute Gasteiger partial charge is 0.129 e. The van der Waals surface area contributed by atoms with E-state index in [4.69, 9.17) is 4.74 Å². The summed E-state index contributed by atoms with van der Waals surface area (Å²) in [5.74, 6) is 0.301. The molecule has 0 bridgehead atoms. The summed E-state index contributed by atoms with van der Waals surface area (Å²) in [7, 11) is 0. The molecule has 1 heterocycles. The van der Waals surface area contributed by atoms with Crippen LogP contribution in [0.1, 0.15) is 29.6 Å². The molecule has 2 unspecified atom stereocenters. The number of rotatable bonds is 2. The fourth-order valence-corrected chi connectivity index (χ4v) is 2.63. The molecule has 2 aromatic rings. The molecule has 1 aliphatic heterocycles. The maximum Gasteiger partial charge on any atom is 0.129 e. The molecule has 0 aromatic heterocycles. The van der Waals surface area contributed by atoms with Crippen molar-refractivity contribution >= 4 is 0 Å². The van der Waals surface area contributed by atoms with Crippen LogP contribution in [0.25, 0.3) is 0 Å². The predicted octanol–water partition coefficient (Wildman–Crippen LogP) is 3.43. The van der Waals surface area contributed by atoms with Crippen LogP contribution in [-0.2, 0) is 0 Å². The van der Waals surface area contributed by atoms with Crippen molar-refractivity contribution in [3.05, 3.63) is 65.5 Å². The van der Waals surface area contributed by atoms with E-state index in [1.54, 1.807) is 18.2 Å². The average molecular weight is 258 g/mol. The summed E-state index contributed by atoms with van der Waals surface area (Å²) < 4.78 is 19.3. The van der Waals surface area contributed by atoms with E-state index >= 15 is 0 Å². The van der Waals surface area contributed by atoms with Crippen LogP contribution in [0.3, 0.4) is 0 Å². The van der Waals surface area contributed by atoms with Gasteiger partial charge in [-0.25, -0.2) is 4.39 Å². The Kier molecular flexibility index (Phi) is 3.22. The van der Waals surface area contributed by atoms with Gasteiger partial charge >= 0.3 is 0 Å².